The Hall–Kier alpha value is -1.42. The van der Waals surface area contributed by atoms with Gasteiger partial charge in [-0.15, -0.1) is 0 Å². The summed E-state index contributed by atoms with van der Waals surface area (Å²) < 4.78 is 10.9. The maximum atomic E-state index is 5.62. The van der Waals surface area contributed by atoms with Crippen LogP contribution >= 0.6 is 0 Å². The van der Waals surface area contributed by atoms with Gasteiger partial charge in [-0.3, -0.25) is 0 Å². The molecule has 4 nitrogen and oxygen atoms in total. The van der Waals surface area contributed by atoms with E-state index in [0.717, 1.165) is 47.8 Å². The van der Waals surface area contributed by atoms with E-state index in [1.54, 1.807) is 14.2 Å². The lowest BCUT2D eigenvalue weighted by Crippen LogP contribution is -2.15. The molecule has 0 spiro atoms. The normalized spacial score (nSPS) is 12.1. The van der Waals surface area contributed by atoms with Crippen molar-refractivity contribution in [3.05, 3.63) is 17.2 Å². The number of anilines is 1. The van der Waals surface area contributed by atoms with Crippen LogP contribution < -0.4 is 20.5 Å². The summed E-state index contributed by atoms with van der Waals surface area (Å²) in [6.45, 7) is 7.83. The first-order valence-corrected chi connectivity index (χ1v) is 6.71. The molecule has 19 heavy (non-hydrogen) atoms. The van der Waals surface area contributed by atoms with Crippen molar-refractivity contribution in [1.82, 2.24) is 0 Å². The third-order valence-electron chi connectivity index (χ3n) is 3.57. The van der Waals surface area contributed by atoms with Crippen LogP contribution in [-0.4, -0.2) is 27.3 Å². The van der Waals surface area contributed by atoms with Crippen LogP contribution in [0, 0.1) is 19.8 Å². The lowest BCUT2D eigenvalue weighted by molar-refractivity contribution is 0.399. The molecule has 1 rings (SSSR count). The van der Waals surface area contributed by atoms with Gasteiger partial charge in [-0.05, 0) is 43.9 Å². The average Bonchev–Trinajstić information content (AvgIpc) is 2.42. The summed E-state index contributed by atoms with van der Waals surface area (Å²) in [5.41, 5.74) is 8.82. The Morgan fingerprint density at radius 3 is 2.42 bits per heavy atom. The number of hydrogen-bond donors (Lipinski definition) is 2. The van der Waals surface area contributed by atoms with Gasteiger partial charge in [0, 0.05) is 12.6 Å². The van der Waals surface area contributed by atoms with Gasteiger partial charge < -0.3 is 20.5 Å². The van der Waals surface area contributed by atoms with Gasteiger partial charge in [0.15, 0.2) is 0 Å². The second-order valence-electron chi connectivity index (χ2n) is 4.97. The highest BCUT2D eigenvalue weighted by atomic mass is 16.5. The number of hydrogen-bond acceptors (Lipinski definition) is 4. The Bertz CT molecular complexity index is 419. The molecule has 4 heteroatoms. The Balaban J connectivity index is 2.89. The van der Waals surface area contributed by atoms with Crippen LogP contribution in [0.5, 0.6) is 11.5 Å². The Morgan fingerprint density at radius 2 is 1.89 bits per heavy atom. The molecule has 0 aliphatic rings. The summed E-state index contributed by atoms with van der Waals surface area (Å²) in [5, 5.41) is 3.41. The van der Waals surface area contributed by atoms with E-state index in [1.807, 2.05) is 19.9 Å². The molecule has 1 atom stereocenters. The first-order valence-electron chi connectivity index (χ1n) is 6.71. The standard InChI is InChI=1S/C15H26N2O2/c1-10(9-16)6-7-17-13-8-14(18-4)11(2)12(3)15(13)19-5/h8,10,17H,6-7,9,16H2,1-5H3. The maximum absolute atomic E-state index is 5.62. The third-order valence-corrected chi connectivity index (χ3v) is 3.57. The fourth-order valence-corrected chi connectivity index (χ4v) is 2.04. The highest BCUT2D eigenvalue weighted by Crippen LogP contribution is 2.36. The summed E-state index contributed by atoms with van der Waals surface area (Å²) in [6, 6.07) is 1.99. The molecule has 0 radical (unpaired) electrons. The quantitative estimate of drug-likeness (QED) is 0.796. The summed E-state index contributed by atoms with van der Waals surface area (Å²) in [5.74, 6) is 2.29. The molecule has 1 aromatic carbocycles. The summed E-state index contributed by atoms with van der Waals surface area (Å²) in [7, 11) is 3.39. The maximum Gasteiger partial charge on any atom is 0.145 e. The van der Waals surface area contributed by atoms with Crippen LogP contribution in [0.25, 0.3) is 0 Å². The monoisotopic (exact) mass is 266 g/mol. The summed E-state index contributed by atoms with van der Waals surface area (Å²) >= 11 is 0. The number of rotatable bonds is 7. The smallest absolute Gasteiger partial charge is 0.145 e. The van der Waals surface area contributed by atoms with Gasteiger partial charge in [-0.2, -0.15) is 0 Å². The Morgan fingerprint density at radius 1 is 1.21 bits per heavy atom. The van der Waals surface area contributed by atoms with Gasteiger partial charge in [-0.25, -0.2) is 0 Å². The van der Waals surface area contributed by atoms with E-state index in [9.17, 15) is 0 Å². The summed E-state index contributed by atoms with van der Waals surface area (Å²) in [6.07, 6.45) is 1.04. The van der Waals surface area contributed by atoms with Crippen LogP contribution in [0.4, 0.5) is 5.69 Å². The van der Waals surface area contributed by atoms with Crippen molar-refractivity contribution in [2.24, 2.45) is 11.7 Å². The van der Waals surface area contributed by atoms with Crippen molar-refractivity contribution in [1.29, 1.82) is 0 Å². The van der Waals surface area contributed by atoms with E-state index in [-0.39, 0.29) is 0 Å². The second-order valence-corrected chi connectivity index (χ2v) is 4.97. The van der Waals surface area contributed by atoms with E-state index in [2.05, 4.69) is 12.2 Å². The molecule has 0 aliphatic carbocycles. The molecule has 1 aromatic rings. The minimum Gasteiger partial charge on any atom is -0.496 e. The van der Waals surface area contributed by atoms with E-state index in [1.165, 1.54) is 0 Å². The van der Waals surface area contributed by atoms with Crippen LogP contribution in [0.15, 0.2) is 6.07 Å². The molecule has 3 N–H and O–H groups in total. The average molecular weight is 266 g/mol. The van der Waals surface area contributed by atoms with Crippen LogP contribution in [0.1, 0.15) is 24.5 Å². The predicted octanol–water partition coefficient (Wildman–Crippen LogP) is 2.72. The molecule has 108 valence electrons. The van der Waals surface area contributed by atoms with Crippen molar-refractivity contribution >= 4 is 5.69 Å². The Kier molecular flexibility index (Phi) is 5.96. The molecular formula is C15H26N2O2. The van der Waals surface area contributed by atoms with Gasteiger partial charge in [0.05, 0.1) is 19.9 Å². The van der Waals surface area contributed by atoms with Crippen LogP contribution in [0.2, 0.25) is 0 Å². The predicted molar refractivity (Wildman–Crippen MR) is 80.3 cm³/mol. The molecule has 0 fully saturated rings. The van der Waals surface area contributed by atoms with Crippen molar-refractivity contribution in [3.63, 3.8) is 0 Å². The fraction of sp³-hybridized carbons (Fsp3) is 0.600. The molecule has 0 heterocycles. The molecule has 0 saturated carbocycles. The van der Waals surface area contributed by atoms with Crippen molar-refractivity contribution < 1.29 is 9.47 Å². The molecule has 1 unspecified atom stereocenters. The molecule has 0 saturated heterocycles. The summed E-state index contributed by atoms with van der Waals surface area (Å²) in [4.78, 5) is 0. The fourth-order valence-electron chi connectivity index (χ4n) is 2.04. The first-order chi connectivity index (χ1) is 9.04. The number of nitrogens with one attached hydrogen (secondary N) is 1. The van der Waals surface area contributed by atoms with Crippen molar-refractivity contribution in [2.45, 2.75) is 27.2 Å². The van der Waals surface area contributed by atoms with E-state index in [0.29, 0.717) is 5.92 Å². The molecule has 0 amide bonds. The highest BCUT2D eigenvalue weighted by Gasteiger charge is 2.13. The molecule has 0 aliphatic heterocycles. The number of methoxy groups -OCH3 is 2. The SMILES string of the molecule is COc1cc(NCCC(C)CN)c(OC)c(C)c1C. The van der Waals surface area contributed by atoms with Crippen molar-refractivity contribution in [3.8, 4) is 11.5 Å². The number of benzene rings is 1. The van der Waals surface area contributed by atoms with Gasteiger partial charge in [0.25, 0.3) is 0 Å². The van der Waals surface area contributed by atoms with Gasteiger partial charge in [0.1, 0.15) is 11.5 Å². The van der Waals surface area contributed by atoms with E-state index < -0.39 is 0 Å². The molecule has 0 bridgehead atoms. The van der Waals surface area contributed by atoms with Crippen LogP contribution in [-0.2, 0) is 0 Å². The van der Waals surface area contributed by atoms with Gasteiger partial charge >= 0.3 is 0 Å². The lowest BCUT2D eigenvalue weighted by atomic mass is 10.1. The largest absolute Gasteiger partial charge is 0.496 e. The minimum absolute atomic E-state index is 0.520. The van der Waals surface area contributed by atoms with Crippen LogP contribution in [0.3, 0.4) is 0 Å². The zero-order valence-electron chi connectivity index (χ0n) is 12.7. The zero-order valence-corrected chi connectivity index (χ0v) is 12.7. The van der Waals surface area contributed by atoms with Gasteiger partial charge in [-0.1, -0.05) is 6.92 Å². The first kappa shape index (κ1) is 15.6. The Labute approximate surface area is 116 Å². The lowest BCUT2D eigenvalue weighted by Gasteiger charge is -2.18. The highest BCUT2D eigenvalue weighted by molar-refractivity contribution is 5.66. The molecular weight excluding hydrogens is 240 g/mol. The second kappa shape index (κ2) is 7.24. The van der Waals surface area contributed by atoms with Gasteiger partial charge in [0.2, 0.25) is 0 Å². The number of ether oxygens (including phenoxy) is 2. The van der Waals surface area contributed by atoms with Crippen molar-refractivity contribution in [2.75, 3.05) is 32.6 Å². The molecule has 0 aromatic heterocycles. The van der Waals surface area contributed by atoms with E-state index >= 15 is 0 Å². The topological polar surface area (TPSA) is 56.5 Å². The minimum atomic E-state index is 0.520. The number of nitrogens with two attached hydrogens (primary N) is 1. The third kappa shape index (κ3) is 3.77. The zero-order chi connectivity index (χ0) is 14.4. The van der Waals surface area contributed by atoms with E-state index in [4.69, 9.17) is 15.2 Å².